The normalized spacial score (nSPS) is 13.2. The summed E-state index contributed by atoms with van der Waals surface area (Å²) in [7, 11) is -9.59. The number of nitrogens with two attached hydrogens (primary N) is 1. The van der Waals surface area contributed by atoms with Gasteiger partial charge in [0.25, 0.3) is 0 Å². The van der Waals surface area contributed by atoms with E-state index in [9.17, 15) is 14.0 Å². The number of anilines is 1. The molecule has 1 atom stereocenters. The molecular formula is C20H43N7O7P2. The zero-order valence-electron chi connectivity index (χ0n) is 22.1. The molecule has 0 saturated heterocycles. The maximum atomic E-state index is 11.3. The molecule has 2 rings (SSSR count). The van der Waals surface area contributed by atoms with Crippen LogP contribution in [0.5, 0.6) is 0 Å². The lowest BCUT2D eigenvalue weighted by Gasteiger charge is -2.13. The Bertz CT molecular complexity index is 927. The minimum atomic E-state index is -5.06. The molecule has 2 aromatic heterocycles. The van der Waals surface area contributed by atoms with Gasteiger partial charge in [0.2, 0.25) is 0 Å². The highest BCUT2D eigenvalue weighted by atomic mass is 31.3. The lowest BCUT2D eigenvalue weighted by Crippen LogP contribution is -2.21. The van der Waals surface area contributed by atoms with Crippen LogP contribution >= 0.6 is 15.4 Å². The predicted molar refractivity (Wildman–Crippen MR) is 140 cm³/mol. The lowest BCUT2D eigenvalue weighted by atomic mass is 10.5. The van der Waals surface area contributed by atoms with Crippen LogP contribution in [0.2, 0.25) is 0 Å². The summed E-state index contributed by atoms with van der Waals surface area (Å²) in [6, 6.07) is 0. The first-order valence-electron chi connectivity index (χ1n) is 11.9. The number of phosphoric acid groups is 1. The van der Waals surface area contributed by atoms with Crippen LogP contribution in [0.15, 0.2) is 12.7 Å². The van der Waals surface area contributed by atoms with Crippen molar-refractivity contribution in [1.29, 1.82) is 0 Å². The number of rotatable bonds is 13. The fourth-order valence-electron chi connectivity index (χ4n) is 2.94. The van der Waals surface area contributed by atoms with Crippen LogP contribution in [0.1, 0.15) is 41.5 Å². The molecule has 16 heteroatoms. The van der Waals surface area contributed by atoms with Gasteiger partial charge in [-0.15, -0.1) is 0 Å². The highest BCUT2D eigenvalue weighted by Crippen LogP contribution is 2.56. The number of nitrogen functional groups attached to an aromatic ring is 1. The SMILES string of the molecule is CCN(CC)CC.CCN(CC)CC.Nc1ncnc2c1ncn2CCOCP(=O)(O)OP(=O)(O)O. The third-order valence-electron chi connectivity index (χ3n) is 5.08. The van der Waals surface area contributed by atoms with Crippen molar-refractivity contribution in [2.75, 3.05) is 58.0 Å². The van der Waals surface area contributed by atoms with Crippen molar-refractivity contribution in [3.8, 4) is 0 Å². The molecule has 0 spiro atoms. The summed E-state index contributed by atoms with van der Waals surface area (Å²) >= 11 is 0. The van der Waals surface area contributed by atoms with Crippen molar-refractivity contribution in [1.82, 2.24) is 29.3 Å². The molecule has 0 aliphatic rings. The van der Waals surface area contributed by atoms with Gasteiger partial charge in [0.15, 0.2) is 11.5 Å². The molecule has 2 aromatic rings. The lowest BCUT2D eigenvalue weighted by molar-refractivity contribution is 0.146. The van der Waals surface area contributed by atoms with Crippen molar-refractivity contribution >= 4 is 32.4 Å². The molecule has 1 unspecified atom stereocenters. The highest BCUT2D eigenvalue weighted by Gasteiger charge is 2.30. The van der Waals surface area contributed by atoms with Crippen LogP contribution in [0.4, 0.5) is 5.82 Å². The molecule has 210 valence electrons. The van der Waals surface area contributed by atoms with E-state index in [4.69, 9.17) is 20.3 Å². The first-order chi connectivity index (χ1) is 16.9. The van der Waals surface area contributed by atoms with E-state index in [1.54, 1.807) is 4.57 Å². The van der Waals surface area contributed by atoms with Crippen molar-refractivity contribution in [2.45, 2.75) is 48.1 Å². The smallest absolute Gasteiger partial charge is 0.382 e. The molecule has 0 aliphatic heterocycles. The number of aromatic nitrogens is 4. The van der Waals surface area contributed by atoms with Gasteiger partial charge in [-0.05, 0) is 39.3 Å². The minimum Gasteiger partial charge on any atom is -0.382 e. The van der Waals surface area contributed by atoms with E-state index >= 15 is 0 Å². The van der Waals surface area contributed by atoms with E-state index in [2.05, 4.69) is 70.6 Å². The van der Waals surface area contributed by atoms with Crippen LogP contribution in [0, 0.1) is 0 Å². The minimum absolute atomic E-state index is 0.0373. The topological polar surface area (TPSA) is 189 Å². The van der Waals surface area contributed by atoms with E-state index in [0.717, 1.165) is 0 Å². The maximum Gasteiger partial charge on any atom is 0.476 e. The average Bonchev–Trinajstić information content (AvgIpc) is 3.23. The van der Waals surface area contributed by atoms with Gasteiger partial charge in [-0.3, -0.25) is 4.57 Å². The summed E-state index contributed by atoms with van der Waals surface area (Å²) in [5.41, 5.74) is 6.51. The van der Waals surface area contributed by atoms with Gasteiger partial charge in [0.1, 0.15) is 18.2 Å². The Morgan fingerprint density at radius 3 is 1.81 bits per heavy atom. The summed E-state index contributed by atoms with van der Waals surface area (Å²) in [4.78, 5) is 42.7. The van der Waals surface area contributed by atoms with Crippen molar-refractivity contribution in [3.63, 3.8) is 0 Å². The number of nitrogens with zero attached hydrogens (tertiary/aromatic N) is 6. The molecule has 2 heterocycles. The molecule has 0 radical (unpaired) electrons. The Balaban J connectivity index is 0.000000720. The molecule has 5 N–H and O–H groups in total. The van der Waals surface area contributed by atoms with Crippen molar-refractivity contribution < 1.29 is 32.9 Å². The third kappa shape index (κ3) is 14.3. The van der Waals surface area contributed by atoms with Gasteiger partial charge < -0.3 is 39.5 Å². The van der Waals surface area contributed by atoms with Crippen LogP contribution < -0.4 is 5.73 Å². The first-order valence-corrected chi connectivity index (χ1v) is 15.2. The summed E-state index contributed by atoms with van der Waals surface area (Å²) in [5.74, 6) is 0.222. The fraction of sp³-hybridized carbons (Fsp3) is 0.750. The molecule has 0 saturated carbocycles. The summed E-state index contributed by atoms with van der Waals surface area (Å²) < 4.78 is 32.0. The summed E-state index contributed by atoms with van der Waals surface area (Å²) in [6.45, 7) is 20.4. The quantitative estimate of drug-likeness (QED) is 0.208. The molecule has 14 nitrogen and oxygen atoms in total. The number of hydrogen-bond donors (Lipinski definition) is 4. The zero-order valence-corrected chi connectivity index (χ0v) is 23.9. The molecule has 0 amide bonds. The number of imidazole rings is 1. The van der Waals surface area contributed by atoms with E-state index in [-0.39, 0.29) is 19.0 Å². The van der Waals surface area contributed by atoms with E-state index in [1.165, 1.54) is 51.9 Å². The van der Waals surface area contributed by atoms with Gasteiger partial charge in [0, 0.05) is 6.54 Å². The predicted octanol–water partition coefficient (Wildman–Crippen LogP) is 2.37. The molecule has 0 fully saturated rings. The average molecular weight is 556 g/mol. The first kappa shape index (κ1) is 34.5. The van der Waals surface area contributed by atoms with Crippen LogP contribution in [-0.4, -0.2) is 96.2 Å². The largest absolute Gasteiger partial charge is 0.476 e. The Hall–Kier alpha value is -1.47. The Morgan fingerprint density at radius 2 is 1.39 bits per heavy atom. The van der Waals surface area contributed by atoms with Crippen LogP contribution in [0.3, 0.4) is 0 Å². The summed E-state index contributed by atoms with van der Waals surface area (Å²) in [5, 5.41) is 0. The van der Waals surface area contributed by atoms with Gasteiger partial charge >= 0.3 is 15.4 Å². The van der Waals surface area contributed by atoms with Gasteiger partial charge in [-0.2, -0.15) is 0 Å². The molecule has 36 heavy (non-hydrogen) atoms. The van der Waals surface area contributed by atoms with Crippen LogP contribution in [-0.2, 0) is 24.7 Å². The van der Waals surface area contributed by atoms with Gasteiger partial charge in [0.05, 0.1) is 12.9 Å². The zero-order chi connectivity index (χ0) is 27.8. The summed E-state index contributed by atoms with van der Waals surface area (Å²) in [6.07, 6.45) is 1.86. The third-order valence-corrected chi connectivity index (χ3v) is 7.46. The second kappa shape index (κ2) is 17.9. The standard InChI is InChI=1S/C8H13N5O7P2.2C6H15N/c9-7-6-8(11-3-10-7)13(4-12-6)1-2-19-5-21(14,15)20-22(16,17)18;2*1-4-7(5-2)6-3/h3-4H,1-2,5H2,(H,14,15)(H2,9,10,11)(H2,16,17,18);2*4-6H2,1-3H3. The highest BCUT2D eigenvalue weighted by molar-refractivity contribution is 7.63. The van der Waals surface area contributed by atoms with E-state index in [0.29, 0.717) is 11.2 Å². The number of ether oxygens (including phenoxy) is 1. The fourth-order valence-corrected chi connectivity index (χ4v) is 4.81. The maximum absolute atomic E-state index is 11.3. The molecule has 0 aromatic carbocycles. The molecule has 0 bridgehead atoms. The van der Waals surface area contributed by atoms with E-state index < -0.39 is 21.8 Å². The second-order valence-corrected chi connectivity index (χ2v) is 10.5. The number of fused-ring (bicyclic) bond motifs is 1. The molecular weight excluding hydrogens is 512 g/mol. The van der Waals surface area contributed by atoms with Gasteiger partial charge in [-0.1, -0.05) is 41.5 Å². The second-order valence-electron chi connectivity index (χ2n) is 7.36. The van der Waals surface area contributed by atoms with Crippen molar-refractivity contribution in [2.24, 2.45) is 0 Å². The monoisotopic (exact) mass is 555 g/mol. The Morgan fingerprint density at radius 1 is 0.889 bits per heavy atom. The van der Waals surface area contributed by atoms with E-state index in [1.807, 2.05) is 0 Å². The Labute approximate surface area is 213 Å². The van der Waals surface area contributed by atoms with Crippen LogP contribution in [0.25, 0.3) is 11.2 Å². The number of hydrogen-bond acceptors (Lipinski definition) is 10. The Kier molecular flexibility index (Phi) is 17.2. The van der Waals surface area contributed by atoms with Crippen molar-refractivity contribution in [3.05, 3.63) is 12.7 Å². The molecule has 0 aliphatic carbocycles. The van der Waals surface area contributed by atoms with Gasteiger partial charge in [-0.25, -0.2) is 23.8 Å².